The SMILES string of the molecule is C[C@@H]1CCC[C@@H]1N[C@@H]1CCS(=O)(=O)C1. The first-order valence-corrected chi connectivity index (χ1v) is 7.35. The molecule has 0 aromatic carbocycles. The van der Waals surface area contributed by atoms with Crippen molar-refractivity contribution < 1.29 is 8.42 Å². The van der Waals surface area contributed by atoms with Gasteiger partial charge in [0.2, 0.25) is 0 Å². The van der Waals surface area contributed by atoms with Crippen molar-refractivity contribution in [2.45, 2.75) is 44.7 Å². The van der Waals surface area contributed by atoms with E-state index in [9.17, 15) is 8.42 Å². The Morgan fingerprint density at radius 2 is 2.00 bits per heavy atom. The maximum Gasteiger partial charge on any atom is 0.151 e. The summed E-state index contributed by atoms with van der Waals surface area (Å²) < 4.78 is 22.5. The van der Waals surface area contributed by atoms with Crippen molar-refractivity contribution in [3.8, 4) is 0 Å². The van der Waals surface area contributed by atoms with Gasteiger partial charge in [-0.15, -0.1) is 0 Å². The molecule has 1 aliphatic carbocycles. The fraction of sp³-hybridized carbons (Fsp3) is 1.00. The third kappa shape index (κ3) is 2.28. The van der Waals surface area contributed by atoms with E-state index >= 15 is 0 Å². The second-order valence-corrected chi connectivity index (χ2v) is 7.01. The van der Waals surface area contributed by atoms with Gasteiger partial charge in [-0.2, -0.15) is 0 Å². The van der Waals surface area contributed by atoms with E-state index in [4.69, 9.17) is 0 Å². The van der Waals surface area contributed by atoms with Crippen LogP contribution in [0.3, 0.4) is 0 Å². The molecule has 2 rings (SSSR count). The van der Waals surface area contributed by atoms with Crippen LogP contribution in [0.5, 0.6) is 0 Å². The van der Waals surface area contributed by atoms with Crippen molar-refractivity contribution in [1.29, 1.82) is 0 Å². The maximum atomic E-state index is 11.3. The molecule has 3 nitrogen and oxygen atoms in total. The predicted molar refractivity (Wildman–Crippen MR) is 57.0 cm³/mol. The molecule has 82 valence electrons. The van der Waals surface area contributed by atoms with Crippen molar-refractivity contribution in [1.82, 2.24) is 5.32 Å². The summed E-state index contributed by atoms with van der Waals surface area (Å²) in [7, 11) is -2.72. The summed E-state index contributed by atoms with van der Waals surface area (Å²) in [5.74, 6) is 1.46. The normalized spacial score (nSPS) is 41.6. The Bertz CT molecular complexity index is 299. The van der Waals surface area contributed by atoms with Crippen LogP contribution in [0.25, 0.3) is 0 Å². The molecule has 4 heteroatoms. The lowest BCUT2D eigenvalue weighted by molar-refractivity contribution is 0.386. The van der Waals surface area contributed by atoms with Crippen molar-refractivity contribution in [2.75, 3.05) is 11.5 Å². The van der Waals surface area contributed by atoms with Crippen LogP contribution in [-0.4, -0.2) is 32.0 Å². The van der Waals surface area contributed by atoms with Crippen LogP contribution in [-0.2, 0) is 9.84 Å². The standard InChI is InChI=1S/C10H19NO2S/c1-8-3-2-4-10(8)11-9-5-6-14(12,13)7-9/h8-11H,2-7H2,1H3/t8-,9-,10+/m1/s1. The quantitative estimate of drug-likeness (QED) is 0.749. The summed E-state index contributed by atoms with van der Waals surface area (Å²) in [6.45, 7) is 2.26. The Morgan fingerprint density at radius 3 is 2.50 bits per heavy atom. The van der Waals surface area contributed by atoms with E-state index in [1.807, 2.05) is 0 Å². The topological polar surface area (TPSA) is 46.2 Å². The Hall–Kier alpha value is -0.0900. The van der Waals surface area contributed by atoms with Crippen molar-refractivity contribution >= 4 is 9.84 Å². The molecule has 0 bridgehead atoms. The first-order valence-electron chi connectivity index (χ1n) is 5.53. The van der Waals surface area contributed by atoms with E-state index in [1.165, 1.54) is 19.3 Å². The van der Waals surface area contributed by atoms with E-state index in [1.54, 1.807) is 0 Å². The zero-order valence-electron chi connectivity index (χ0n) is 8.70. The highest BCUT2D eigenvalue weighted by Gasteiger charge is 2.32. The molecule has 0 radical (unpaired) electrons. The molecule has 14 heavy (non-hydrogen) atoms. The van der Waals surface area contributed by atoms with E-state index in [-0.39, 0.29) is 6.04 Å². The van der Waals surface area contributed by atoms with Gasteiger partial charge in [0, 0.05) is 12.1 Å². The van der Waals surface area contributed by atoms with Crippen LogP contribution in [0.2, 0.25) is 0 Å². The number of nitrogens with one attached hydrogen (secondary N) is 1. The predicted octanol–water partition coefficient (Wildman–Crippen LogP) is 0.952. The van der Waals surface area contributed by atoms with E-state index in [2.05, 4.69) is 12.2 Å². The van der Waals surface area contributed by atoms with Gasteiger partial charge in [-0.05, 0) is 25.2 Å². The molecule has 0 amide bonds. The van der Waals surface area contributed by atoms with Gasteiger partial charge in [0.25, 0.3) is 0 Å². The zero-order valence-corrected chi connectivity index (χ0v) is 9.52. The van der Waals surface area contributed by atoms with Crippen molar-refractivity contribution in [3.63, 3.8) is 0 Å². The van der Waals surface area contributed by atoms with Gasteiger partial charge in [0.1, 0.15) is 0 Å². The van der Waals surface area contributed by atoms with Crippen LogP contribution in [0.1, 0.15) is 32.6 Å². The minimum Gasteiger partial charge on any atom is -0.310 e. The van der Waals surface area contributed by atoms with Crippen LogP contribution < -0.4 is 5.32 Å². The molecule has 3 atom stereocenters. The maximum absolute atomic E-state index is 11.3. The summed E-state index contributed by atoms with van der Waals surface area (Å²) in [6.07, 6.45) is 4.61. The van der Waals surface area contributed by atoms with Gasteiger partial charge in [-0.3, -0.25) is 0 Å². The lowest BCUT2D eigenvalue weighted by Gasteiger charge is -2.21. The molecule has 0 aromatic rings. The molecule has 1 aliphatic heterocycles. The van der Waals surface area contributed by atoms with E-state index in [0.29, 0.717) is 17.5 Å². The average molecular weight is 217 g/mol. The second-order valence-electron chi connectivity index (χ2n) is 4.78. The monoisotopic (exact) mass is 217 g/mol. The van der Waals surface area contributed by atoms with Gasteiger partial charge >= 0.3 is 0 Å². The van der Waals surface area contributed by atoms with Crippen LogP contribution in [0, 0.1) is 5.92 Å². The Kier molecular flexibility index (Phi) is 2.84. The minimum atomic E-state index is -2.72. The number of hydrogen-bond acceptors (Lipinski definition) is 3. The van der Waals surface area contributed by atoms with Crippen molar-refractivity contribution in [3.05, 3.63) is 0 Å². The summed E-state index contributed by atoms with van der Waals surface area (Å²) in [6, 6.07) is 0.791. The molecule has 1 saturated carbocycles. The third-order valence-electron chi connectivity index (χ3n) is 3.54. The summed E-state index contributed by atoms with van der Waals surface area (Å²) in [5.41, 5.74) is 0. The molecule has 0 unspecified atom stereocenters. The van der Waals surface area contributed by atoms with Gasteiger partial charge in [-0.1, -0.05) is 13.3 Å². The van der Waals surface area contributed by atoms with Crippen LogP contribution in [0.4, 0.5) is 0 Å². The Labute approximate surface area is 86.2 Å². The zero-order chi connectivity index (χ0) is 10.2. The summed E-state index contributed by atoms with van der Waals surface area (Å²) in [4.78, 5) is 0. The number of sulfone groups is 1. The molecule has 0 spiro atoms. The smallest absolute Gasteiger partial charge is 0.151 e. The molecule has 2 fully saturated rings. The minimum absolute atomic E-state index is 0.227. The fourth-order valence-corrected chi connectivity index (χ4v) is 4.31. The lowest BCUT2D eigenvalue weighted by Crippen LogP contribution is -2.40. The summed E-state index contributed by atoms with van der Waals surface area (Å²) >= 11 is 0. The number of hydrogen-bond donors (Lipinski definition) is 1. The molecule has 0 aromatic heterocycles. The highest BCUT2D eigenvalue weighted by Crippen LogP contribution is 2.26. The number of rotatable bonds is 2. The van der Waals surface area contributed by atoms with Gasteiger partial charge < -0.3 is 5.32 Å². The molecule has 1 N–H and O–H groups in total. The van der Waals surface area contributed by atoms with Crippen LogP contribution >= 0.6 is 0 Å². The molecular weight excluding hydrogens is 198 g/mol. The largest absolute Gasteiger partial charge is 0.310 e. The fourth-order valence-electron chi connectivity index (χ4n) is 2.62. The molecule has 1 saturated heterocycles. The highest BCUT2D eigenvalue weighted by molar-refractivity contribution is 7.91. The molecule has 1 heterocycles. The second kappa shape index (κ2) is 3.81. The van der Waals surface area contributed by atoms with Crippen LogP contribution in [0.15, 0.2) is 0 Å². The Morgan fingerprint density at radius 1 is 1.21 bits per heavy atom. The third-order valence-corrected chi connectivity index (χ3v) is 5.31. The summed E-state index contributed by atoms with van der Waals surface area (Å²) in [5, 5.41) is 3.50. The van der Waals surface area contributed by atoms with Gasteiger partial charge in [0.05, 0.1) is 11.5 Å². The average Bonchev–Trinajstić information content (AvgIpc) is 2.61. The van der Waals surface area contributed by atoms with Crippen molar-refractivity contribution in [2.24, 2.45) is 5.92 Å². The first kappa shape index (κ1) is 10.4. The Balaban J connectivity index is 1.87. The highest BCUT2D eigenvalue weighted by atomic mass is 32.2. The van der Waals surface area contributed by atoms with E-state index in [0.717, 1.165) is 12.3 Å². The van der Waals surface area contributed by atoms with E-state index < -0.39 is 9.84 Å². The first-order chi connectivity index (χ1) is 6.57. The lowest BCUT2D eigenvalue weighted by atomic mass is 10.1. The molecular formula is C10H19NO2S. The van der Waals surface area contributed by atoms with Gasteiger partial charge in [0.15, 0.2) is 9.84 Å². The molecule has 2 aliphatic rings. The van der Waals surface area contributed by atoms with Gasteiger partial charge in [-0.25, -0.2) is 8.42 Å².